The van der Waals surface area contributed by atoms with Crippen molar-refractivity contribution in [1.29, 1.82) is 0 Å². The average Bonchev–Trinajstić information content (AvgIpc) is 3.88. The zero-order valence-corrected chi connectivity index (χ0v) is 31.4. The Balaban J connectivity index is 1.24. The number of rotatable bonds is 6. The maximum atomic E-state index is 6.26. The summed E-state index contributed by atoms with van der Waals surface area (Å²) in [6.45, 7) is 9.50. The van der Waals surface area contributed by atoms with Crippen molar-refractivity contribution in [3.05, 3.63) is 179 Å². The zero-order chi connectivity index (χ0) is 37.4. The van der Waals surface area contributed by atoms with Gasteiger partial charge in [0.2, 0.25) is 11.8 Å². The van der Waals surface area contributed by atoms with Gasteiger partial charge in [0.15, 0.2) is 0 Å². The minimum Gasteiger partial charge on any atom is -0.469 e. The molecule has 7 aromatic rings. The molecular weight excluding hydrogens is 677 g/mol. The van der Waals surface area contributed by atoms with Gasteiger partial charge in [0.05, 0.1) is 29.6 Å². The van der Waals surface area contributed by atoms with E-state index in [1.807, 2.05) is 24.8 Å². The Kier molecular flexibility index (Phi) is 7.43. The highest BCUT2D eigenvalue weighted by atomic mass is 16.5. The zero-order valence-electron chi connectivity index (χ0n) is 31.4. The van der Waals surface area contributed by atoms with Crippen molar-refractivity contribution in [2.45, 2.75) is 44.3 Å². The van der Waals surface area contributed by atoms with E-state index in [-0.39, 0.29) is 11.2 Å². The number of hydrogen-bond acceptors (Lipinski definition) is 6. The Morgan fingerprint density at radius 1 is 0.455 bits per heavy atom. The molecule has 0 saturated heterocycles. The van der Waals surface area contributed by atoms with E-state index in [1.165, 1.54) is 44.2 Å². The fourth-order valence-electron chi connectivity index (χ4n) is 8.66. The van der Waals surface area contributed by atoms with Crippen molar-refractivity contribution in [2.75, 3.05) is 13.1 Å². The Morgan fingerprint density at radius 2 is 0.982 bits per heavy atom. The van der Waals surface area contributed by atoms with Crippen LogP contribution in [0.5, 0.6) is 0 Å². The van der Waals surface area contributed by atoms with Crippen LogP contribution < -0.4 is 0 Å². The van der Waals surface area contributed by atoms with Gasteiger partial charge in [-0.15, -0.1) is 0 Å². The normalized spacial score (nSPS) is 17.2. The van der Waals surface area contributed by atoms with Gasteiger partial charge in [0.25, 0.3) is 0 Å². The maximum absolute atomic E-state index is 6.26. The summed E-state index contributed by atoms with van der Waals surface area (Å²) in [6.07, 6.45) is 7.60. The molecule has 2 aromatic heterocycles. The van der Waals surface area contributed by atoms with Gasteiger partial charge in [-0.1, -0.05) is 97.1 Å². The summed E-state index contributed by atoms with van der Waals surface area (Å²) in [5.41, 5.74) is 12.0. The molecule has 0 atom stereocenters. The lowest BCUT2D eigenvalue weighted by Gasteiger charge is -2.34. The molecule has 0 N–H and O–H groups in total. The molecule has 2 aliphatic heterocycles. The monoisotopic (exact) mass is 716 g/mol. The predicted octanol–water partition coefficient (Wildman–Crippen LogP) is 10.4. The molecule has 0 amide bonds. The largest absolute Gasteiger partial charge is 0.469 e. The molecule has 55 heavy (non-hydrogen) atoms. The van der Waals surface area contributed by atoms with Crippen LogP contribution in [-0.4, -0.2) is 46.1 Å². The van der Waals surface area contributed by atoms with Gasteiger partial charge in [-0.3, -0.25) is 9.97 Å². The highest BCUT2D eigenvalue weighted by Crippen LogP contribution is 2.59. The summed E-state index contributed by atoms with van der Waals surface area (Å²) >= 11 is 0. The first kappa shape index (κ1) is 33.2. The Labute approximate surface area is 321 Å². The van der Waals surface area contributed by atoms with Crippen LogP contribution in [0, 0.1) is 0 Å². The third-order valence-electron chi connectivity index (χ3n) is 11.1. The van der Waals surface area contributed by atoms with Crippen molar-refractivity contribution in [1.82, 2.24) is 9.97 Å². The molecule has 268 valence electrons. The summed E-state index contributed by atoms with van der Waals surface area (Å²) in [5.74, 6) is 1.28. The Morgan fingerprint density at radius 3 is 1.56 bits per heavy atom. The van der Waals surface area contributed by atoms with E-state index in [2.05, 4.69) is 154 Å². The van der Waals surface area contributed by atoms with E-state index in [9.17, 15) is 0 Å². The fourth-order valence-corrected chi connectivity index (χ4v) is 8.66. The standard InChI is InChI=1S/C49H40N4O2/c1-47(2)29-52-45(54-47)34-21-32(25-50-27-34)31-19-20-40-42(23-31)49(36-13-7-5-8-14-36,37-15-9-6-10-16-37)43-24-41(38-17-11-12-18-39(38)44(40)43)33-22-35(28-51-26-33)46-53-30-48(3,4)55-46/h5-28H,29-30H2,1-4H3. The highest BCUT2D eigenvalue weighted by molar-refractivity contribution is 6.10. The van der Waals surface area contributed by atoms with Gasteiger partial charge < -0.3 is 9.47 Å². The summed E-state index contributed by atoms with van der Waals surface area (Å²) in [4.78, 5) is 18.9. The summed E-state index contributed by atoms with van der Waals surface area (Å²) in [7, 11) is 0. The molecular formula is C49H40N4O2. The summed E-state index contributed by atoms with van der Waals surface area (Å²) in [5, 5.41) is 2.36. The third-order valence-corrected chi connectivity index (χ3v) is 11.1. The fraction of sp³-hybridized carbons (Fsp3) is 0.184. The van der Waals surface area contributed by atoms with E-state index >= 15 is 0 Å². The minimum atomic E-state index is -0.636. The van der Waals surface area contributed by atoms with Gasteiger partial charge in [-0.25, -0.2) is 9.98 Å². The van der Waals surface area contributed by atoms with E-state index in [0.717, 1.165) is 33.4 Å². The van der Waals surface area contributed by atoms with E-state index in [0.29, 0.717) is 24.9 Å². The lowest BCUT2D eigenvalue weighted by molar-refractivity contribution is 0.131. The molecule has 0 saturated carbocycles. The van der Waals surface area contributed by atoms with Gasteiger partial charge in [-0.05, 0) is 107 Å². The highest BCUT2D eigenvalue weighted by Gasteiger charge is 2.47. The van der Waals surface area contributed by atoms with Crippen LogP contribution in [0.3, 0.4) is 0 Å². The van der Waals surface area contributed by atoms with Crippen LogP contribution in [0.4, 0.5) is 0 Å². The quantitative estimate of drug-likeness (QED) is 0.172. The first-order valence-corrected chi connectivity index (χ1v) is 18.9. The lowest BCUT2D eigenvalue weighted by Crippen LogP contribution is -2.28. The maximum Gasteiger partial charge on any atom is 0.218 e. The molecule has 3 aliphatic rings. The third kappa shape index (κ3) is 5.38. The summed E-state index contributed by atoms with van der Waals surface area (Å²) < 4.78 is 12.5. The van der Waals surface area contributed by atoms with Crippen LogP contribution in [0.1, 0.15) is 61.1 Å². The van der Waals surface area contributed by atoms with Crippen molar-refractivity contribution in [2.24, 2.45) is 9.98 Å². The predicted molar refractivity (Wildman–Crippen MR) is 221 cm³/mol. The number of ether oxygens (including phenoxy) is 2. The second-order valence-corrected chi connectivity index (χ2v) is 16.0. The second-order valence-electron chi connectivity index (χ2n) is 16.0. The second kappa shape index (κ2) is 12.3. The van der Waals surface area contributed by atoms with Crippen LogP contribution in [-0.2, 0) is 14.9 Å². The molecule has 5 aromatic carbocycles. The van der Waals surface area contributed by atoms with Gasteiger partial charge >= 0.3 is 0 Å². The number of hydrogen-bond donors (Lipinski definition) is 0. The molecule has 4 heterocycles. The van der Waals surface area contributed by atoms with Crippen LogP contribution >= 0.6 is 0 Å². The van der Waals surface area contributed by atoms with Gasteiger partial charge in [-0.2, -0.15) is 0 Å². The minimum absolute atomic E-state index is 0.329. The lowest BCUT2D eigenvalue weighted by atomic mass is 9.67. The molecule has 1 aliphatic carbocycles. The Hall–Kier alpha value is -6.40. The number of benzene rings is 5. The first-order chi connectivity index (χ1) is 26.7. The van der Waals surface area contributed by atoms with Crippen molar-refractivity contribution < 1.29 is 9.47 Å². The van der Waals surface area contributed by atoms with Crippen molar-refractivity contribution >= 4 is 22.6 Å². The smallest absolute Gasteiger partial charge is 0.218 e. The van der Waals surface area contributed by atoms with Gasteiger partial charge in [0, 0.05) is 35.9 Å². The number of aromatic nitrogens is 2. The van der Waals surface area contributed by atoms with Crippen LogP contribution in [0.2, 0.25) is 0 Å². The summed E-state index contributed by atoms with van der Waals surface area (Å²) in [6, 6.07) is 44.3. The van der Waals surface area contributed by atoms with E-state index in [4.69, 9.17) is 24.4 Å². The van der Waals surface area contributed by atoms with Crippen molar-refractivity contribution in [3.63, 3.8) is 0 Å². The number of pyridine rings is 2. The molecule has 6 nitrogen and oxygen atoms in total. The molecule has 0 radical (unpaired) electrons. The van der Waals surface area contributed by atoms with Gasteiger partial charge in [0.1, 0.15) is 11.2 Å². The Bertz CT molecular complexity index is 2680. The SMILES string of the molecule is CC1(C)CN=C(c2cncc(-c3ccc4c(c3)C(c3ccccc3)(c3ccccc3)c3cc(-c5cncc(C6=NCC(C)(C)O6)c5)c5ccccc5c3-4)c2)O1. The number of aliphatic imine (C=N–C) groups is 2. The topological polar surface area (TPSA) is 69.0 Å². The van der Waals surface area contributed by atoms with E-state index < -0.39 is 5.41 Å². The number of fused-ring (bicyclic) bond motifs is 5. The van der Waals surface area contributed by atoms with Crippen LogP contribution in [0.15, 0.2) is 156 Å². The molecule has 0 spiro atoms. The number of nitrogens with zero attached hydrogens (tertiary/aromatic N) is 4. The molecule has 0 bridgehead atoms. The molecule has 10 rings (SSSR count). The van der Waals surface area contributed by atoms with E-state index in [1.54, 1.807) is 0 Å². The molecule has 0 unspecified atom stereocenters. The first-order valence-electron chi connectivity index (χ1n) is 18.9. The van der Waals surface area contributed by atoms with Crippen LogP contribution in [0.25, 0.3) is 44.2 Å². The molecule has 0 fully saturated rings. The average molecular weight is 717 g/mol. The van der Waals surface area contributed by atoms with Crippen molar-refractivity contribution in [3.8, 4) is 33.4 Å². The molecule has 6 heteroatoms.